The highest BCUT2D eigenvalue weighted by molar-refractivity contribution is 5.85. The van der Waals surface area contributed by atoms with Crippen molar-refractivity contribution >= 4 is 18.2 Å². The van der Waals surface area contributed by atoms with Crippen LogP contribution in [0.25, 0.3) is 0 Å². The van der Waals surface area contributed by atoms with E-state index in [-0.39, 0.29) is 19.5 Å². The first kappa shape index (κ1) is 31.1. The number of rotatable bonds is 13. The van der Waals surface area contributed by atoms with Gasteiger partial charge >= 0.3 is 18.4 Å². The number of Topliss-reactive ketones (excluding diaryl/α,β-unsaturated/α-hetero) is 1. The van der Waals surface area contributed by atoms with Crippen LogP contribution in [0.5, 0.6) is 0 Å². The van der Waals surface area contributed by atoms with Gasteiger partial charge in [-0.3, -0.25) is 4.79 Å². The molecule has 204 valence electrons. The number of aldehydes is 1. The molecule has 1 atom stereocenters. The molecule has 0 radical (unpaired) electrons. The molecule has 0 bridgehead atoms. The maximum Gasteiger partial charge on any atom is 0.423 e. The highest BCUT2D eigenvalue weighted by Crippen LogP contribution is 2.36. The molecule has 1 aliphatic rings. The zero-order chi connectivity index (χ0) is 26.9. The molecular formula is C22H34F6N2O5. The minimum Gasteiger partial charge on any atom is -0.444 e. The van der Waals surface area contributed by atoms with Gasteiger partial charge in [-0.25, -0.2) is 4.79 Å². The normalized spacial score (nSPS) is 17.3. The first-order chi connectivity index (χ1) is 16.0. The number of ether oxygens (including phenoxy) is 2. The Labute approximate surface area is 200 Å². The second-order valence-corrected chi connectivity index (χ2v) is 9.79. The van der Waals surface area contributed by atoms with E-state index in [1.807, 2.05) is 0 Å². The molecule has 1 fully saturated rings. The summed E-state index contributed by atoms with van der Waals surface area (Å²) in [5.74, 6) is -0.984. The lowest BCUT2D eigenvalue weighted by atomic mass is 9.87. The van der Waals surface area contributed by atoms with Crippen molar-refractivity contribution in [2.45, 2.75) is 95.8 Å². The molecule has 0 aromatic heterocycles. The van der Waals surface area contributed by atoms with Crippen molar-refractivity contribution in [3.05, 3.63) is 0 Å². The van der Waals surface area contributed by atoms with Crippen molar-refractivity contribution in [2.24, 2.45) is 5.41 Å². The van der Waals surface area contributed by atoms with E-state index in [1.165, 1.54) is 0 Å². The molecule has 1 saturated carbocycles. The molecule has 0 aromatic carbocycles. The highest BCUT2D eigenvalue weighted by atomic mass is 19.4. The van der Waals surface area contributed by atoms with Crippen LogP contribution in [0, 0.1) is 5.41 Å². The number of alkyl carbamates (subject to hydrolysis) is 1. The Morgan fingerprint density at radius 1 is 1.00 bits per heavy atom. The first-order valence-electron chi connectivity index (χ1n) is 11.4. The third-order valence-electron chi connectivity index (χ3n) is 5.51. The van der Waals surface area contributed by atoms with Crippen LogP contribution >= 0.6 is 0 Å². The predicted octanol–water partition coefficient (Wildman–Crippen LogP) is 4.48. The summed E-state index contributed by atoms with van der Waals surface area (Å²) >= 11 is 0. The van der Waals surface area contributed by atoms with E-state index in [4.69, 9.17) is 4.74 Å². The van der Waals surface area contributed by atoms with Gasteiger partial charge in [-0.1, -0.05) is 12.8 Å². The van der Waals surface area contributed by atoms with E-state index in [0.29, 0.717) is 25.7 Å². The summed E-state index contributed by atoms with van der Waals surface area (Å²) in [5.41, 5.74) is -1.41. The van der Waals surface area contributed by atoms with Gasteiger partial charge in [0.15, 0.2) is 5.78 Å². The lowest BCUT2D eigenvalue weighted by Crippen LogP contribution is -2.48. The highest BCUT2D eigenvalue weighted by Gasteiger charge is 2.58. The second kappa shape index (κ2) is 12.9. The molecule has 1 aliphatic carbocycles. The number of carbonyl (C=O) groups excluding carboxylic acids is 3. The molecule has 0 aliphatic heterocycles. The minimum absolute atomic E-state index is 0.0653. The number of amides is 1. The number of halogens is 6. The third-order valence-corrected chi connectivity index (χ3v) is 5.51. The monoisotopic (exact) mass is 520 g/mol. The number of hydrogen-bond donors (Lipinski definition) is 2. The Morgan fingerprint density at radius 3 is 2.06 bits per heavy atom. The van der Waals surface area contributed by atoms with Crippen LogP contribution in [0.1, 0.15) is 65.7 Å². The maximum atomic E-state index is 12.7. The zero-order valence-corrected chi connectivity index (χ0v) is 20.1. The molecule has 0 heterocycles. The topological polar surface area (TPSA) is 93.7 Å². The average molecular weight is 521 g/mol. The molecule has 1 amide bonds. The van der Waals surface area contributed by atoms with Crippen LogP contribution in [-0.2, 0) is 19.1 Å². The summed E-state index contributed by atoms with van der Waals surface area (Å²) in [6, 6.07) is -1.11. The Kier molecular flexibility index (Phi) is 11.5. The molecule has 0 unspecified atom stereocenters. The Bertz CT molecular complexity index is 686. The molecule has 1 rings (SSSR count). The largest absolute Gasteiger partial charge is 0.444 e. The van der Waals surface area contributed by atoms with Gasteiger partial charge in [0, 0.05) is 18.5 Å². The smallest absolute Gasteiger partial charge is 0.423 e. The van der Waals surface area contributed by atoms with Gasteiger partial charge in [0.05, 0.1) is 6.04 Å². The van der Waals surface area contributed by atoms with Gasteiger partial charge in [0.25, 0.3) is 0 Å². The van der Waals surface area contributed by atoms with Gasteiger partial charge in [0.2, 0.25) is 6.10 Å². The maximum absolute atomic E-state index is 12.7. The van der Waals surface area contributed by atoms with Crippen LogP contribution in [-0.4, -0.2) is 68.0 Å². The third kappa shape index (κ3) is 11.6. The number of unbranched alkanes of at least 4 members (excludes halogenated alkanes) is 1. The van der Waals surface area contributed by atoms with Crippen LogP contribution in [0.2, 0.25) is 0 Å². The van der Waals surface area contributed by atoms with E-state index < -0.39 is 54.0 Å². The van der Waals surface area contributed by atoms with E-state index in [9.17, 15) is 40.7 Å². The standard InChI is InChI=1S/C22H34F6N2O5/c1-19(2,3)35-18(33)29-11-7-4-8-15(30-13-20(14-31)9-5-6-10-20)16(32)12-34-17(21(23,24)25)22(26,27)28/h14-15,17,30H,4-13H2,1-3H3,(H,29,33)/t15-/m0/s1. The van der Waals surface area contributed by atoms with E-state index in [2.05, 4.69) is 15.4 Å². The Balaban J connectivity index is 2.71. The quantitative estimate of drug-likeness (QED) is 0.211. The second-order valence-electron chi connectivity index (χ2n) is 9.79. The SMILES string of the molecule is CC(C)(C)OC(=O)NCCCC[C@H](NCC1(C=O)CCCC1)C(=O)COC(C(F)(F)F)C(F)(F)F. The van der Waals surface area contributed by atoms with Gasteiger partial charge in [-0.2, -0.15) is 26.3 Å². The Hall–Kier alpha value is -1.89. The van der Waals surface area contributed by atoms with Gasteiger partial charge < -0.3 is 24.9 Å². The van der Waals surface area contributed by atoms with Crippen molar-refractivity contribution in [1.82, 2.24) is 10.6 Å². The fraction of sp³-hybridized carbons (Fsp3) is 0.864. The summed E-state index contributed by atoms with van der Waals surface area (Å²) in [4.78, 5) is 35.7. The number of carbonyl (C=O) groups is 3. The van der Waals surface area contributed by atoms with Gasteiger partial charge in [-0.05, 0) is 52.9 Å². The number of ketones is 1. The number of hydrogen-bond acceptors (Lipinski definition) is 6. The molecule has 2 N–H and O–H groups in total. The minimum atomic E-state index is -5.72. The zero-order valence-electron chi connectivity index (χ0n) is 20.1. The first-order valence-corrected chi connectivity index (χ1v) is 11.4. The van der Waals surface area contributed by atoms with E-state index in [0.717, 1.165) is 19.1 Å². The van der Waals surface area contributed by atoms with Crippen molar-refractivity contribution in [2.75, 3.05) is 19.7 Å². The van der Waals surface area contributed by atoms with E-state index in [1.54, 1.807) is 20.8 Å². The number of alkyl halides is 6. The number of nitrogens with one attached hydrogen (secondary N) is 2. The van der Waals surface area contributed by atoms with Gasteiger partial charge in [-0.15, -0.1) is 0 Å². The summed E-state index contributed by atoms with van der Waals surface area (Å²) in [5, 5.41) is 5.37. The van der Waals surface area contributed by atoms with Crippen molar-refractivity contribution in [3.8, 4) is 0 Å². The van der Waals surface area contributed by atoms with Crippen LogP contribution in [0.3, 0.4) is 0 Å². The van der Waals surface area contributed by atoms with E-state index >= 15 is 0 Å². The lowest BCUT2D eigenvalue weighted by molar-refractivity contribution is -0.319. The predicted molar refractivity (Wildman–Crippen MR) is 114 cm³/mol. The van der Waals surface area contributed by atoms with Crippen LogP contribution in [0.4, 0.5) is 31.1 Å². The van der Waals surface area contributed by atoms with Crippen LogP contribution < -0.4 is 10.6 Å². The molecule has 0 aromatic rings. The lowest BCUT2D eigenvalue weighted by Gasteiger charge is -2.27. The Morgan fingerprint density at radius 2 is 1.57 bits per heavy atom. The summed E-state index contributed by atoms with van der Waals surface area (Å²) in [6.45, 7) is 3.94. The molecule has 7 nitrogen and oxygen atoms in total. The average Bonchev–Trinajstić information content (AvgIpc) is 3.16. The molecule has 35 heavy (non-hydrogen) atoms. The molecule has 13 heteroatoms. The fourth-order valence-electron chi connectivity index (χ4n) is 3.74. The summed E-state index contributed by atoms with van der Waals surface area (Å²) < 4.78 is 85.3. The molecule has 0 saturated heterocycles. The van der Waals surface area contributed by atoms with Crippen molar-refractivity contribution in [1.29, 1.82) is 0 Å². The molecule has 0 spiro atoms. The van der Waals surface area contributed by atoms with Crippen molar-refractivity contribution in [3.63, 3.8) is 0 Å². The van der Waals surface area contributed by atoms with Gasteiger partial charge in [0.1, 0.15) is 18.5 Å². The van der Waals surface area contributed by atoms with Crippen LogP contribution in [0.15, 0.2) is 0 Å². The summed E-state index contributed by atoms with van der Waals surface area (Å²) in [6.07, 6.45) is -11.9. The summed E-state index contributed by atoms with van der Waals surface area (Å²) in [7, 11) is 0. The van der Waals surface area contributed by atoms with Crippen molar-refractivity contribution < 1.29 is 50.2 Å². The fourth-order valence-corrected chi connectivity index (χ4v) is 3.74. The molecular weight excluding hydrogens is 486 g/mol.